The predicted octanol–water partition coefficient (Wildman–Crippen LogP) is 1.69. The van der Waals surface area contributed by atoms with E-state index in [-0.39, 0.29) is 18.1 Å². The Balaban J connectivity index is 1.14. The molecule has 0 unspecified atom stereocenters. The summed E-state index contributed by atoms with van der Waals surface area (Å²) >= 11 is 0. The zero-order chi connectivity index (χ0) is 22.8. The molecule has 3 aromatic rings. The summed E-state index contributed by atoms with van der Waals surface area (Å²) in [5, 5.41) is 16.0. The van der Waals surface area contributed by atoms with Crippen molar-refractivity contribution in [1.29, 1.82) is 0 Å². The number of hydrogen-bond donors (Lipinski definition) is 1. The van der Waals surface area contributed by atoms with Crippen LogP contribution in [-0.2, 0) is 31.5 Å². The highest BCUT2D eigenvalue weighted by Gasteiger charge is 2.27. The maximum absolute atomic E-state index is 12.4. The second kappa shape index (κ2) is 9.32. The maximum Gasteiger partial charge on any atom is 0.269 e. The number of ether oxygens (including phenoxy) is 2. The van der Waals surface area contributed by atoms with E-state index in [0.717, 1.165) is 55.2 Å². The van der Waals surface area contributed by atoms with Crippen LogP contribution in [0.1, 0.15) is 46.4 Å². The minimum absolute atomic E-state index is 0.0447. The van der Waals surface area contributed by atoms with E-state index < -0.39 is 0 Å². The third-order valence-electron chi connectivity index (χ3n) is 6.52. The van der Waals surface area contributed by atoms with Crippen LogP contribution in [0.3, 0.4) is 0 Å². The fourth-order valence-electron chi connectivity index (χ4n) is 4.51. The number of hydrogen-bond acceptors (Lipinski definition) is 7. The average Bonchev–Trinajstić information content (AvgIpc) is 3.46. The molecule has 10 nitrogen and oxygen atoms in total. The van der Waals surface area contributed by atoms with Gasteiger partial charge in [0.25, 0.3) is 5.91 Å². The number of nitrogens with zero attached hydrogens (tertiary/aromatic N) is 6. The van der Waals surface area contributed by atoms with E-state index in [1.54, 1.807) is 31.1 Å². The number of aryl methyl sites for hydroxylation is 1. The zero-order valence-corrected chi connectivity index (χ0v) is 19.0. The first kappa shape index (κ1) is 21.6. The lowest BCUT2D eigenvalue weighted by Crippen LogP contribution is -2.44. The van der Waals surface area contributed by atoms with Crippen LogP contribution in [0.2, 0.25) is 0 Å². The molecule has 1 aromatic carbocycles. The van der Waals surface area contributed by atoms with Gasteiger partial charge in [-0.2, -0.15) is 5.10 Å². The molecule has 1 fully saturated rings. The van der Waals surface area contributed by atoms with E-state index in [1.165, 1.54) is 0 Å². The van der Waals surface area contributed by atoms with Crippen molar-refractivity contribution >= 4 is 5.91 Å². The first-order valence-corrected chi connectivity index (χ1v) is 11.3. The monoisotopic (exact) mass is 451 g/mol. The molecule has 0 spiro atoms. The van der Waals surface area contributed by atoms with Gasteiger partial charge in [-0.15, -0.1) is 5.10 Å². The number of nitrogens with one attached hydrogen (secondary N) is 1. The molecule has 5 rings (SSSR count). The number of fused-ring (bicyclic) bond motifs is 1. The molecule has 2 aliphatic rings. The minimum atomic E-state index is -0.0654. The van der Waals surface area contributed by atoms with E-state index in [9.17, 15) is 4.79 Å². The van der Waals surface area contributed by atoms with Gasteiger partial charge in [-0.25, -0.2) is 4.68 Å². The molecular formula is C23H29N7O3. The standard InChI is InChI=1S/C23H29N7O3/c1-28-20(7-10-24-28)23(31)25-17-8-11-29(12-9-17)13-19-21-15-33-22(14-30(21)27-26-19)16-3-5-18(32-2)6-4-16/h3-7,10,17,22H,8-9,11-15H2,1-2H3,(H,25,31)/t22-/m0/s1. The number of likely N-dealkylation sites (tertiary alicyclic amines) is 1. The molecule has 1 amide bonds. The van der Waals surface area contributed by atoms with Gasteiger partial charge in [0.15, 0.2) is 0 Å². The summed E-state index contributed by atoms with van der Waals surface area (Å²) in [6, 6.07) is 9.87. The molecule has 174 valence electrons. The fourth-order valence-corrected chi connectivity index (χ4v) is 4.51. The van der Waals surface area contributed by atoms with Crippen LogP contribution in [0.4, 0.5) is 0 Å². The summed E-state index contributed by atoms with van der Waals surface area (Å²) in [7, 11) is 3.44. The van der Waals surface area contributed by atoms with Crippen LogP contribution in [0.5, 0.6) is 5.75 Å². The SMILES string of the molecule is COc1ccc([C@@H]2Cn3nnc(CN4CCC(NC(=O)c5ccnn5C)CC4)c3CO2)cc1. The summed E-state index contributed by atoms with van der Waals surface area (Å²) < 4.78 is 14.9. The Kier molecular flexibility index (Phi) is 6.10. The minimum Gasteiger partial charge on any atom is -0.497 e. The van der Waals surface area contributed by atoms with Crippen LogP contribution in [-0.4, -0.2) is 61.8 Å². The lowest BCUT2D eigenvalue weighted by Gasteiger charge is -2.32. The Bertz CT molecular complexity index is 1100. The summed E-state index contributed by atoms with van der Waals surface area (Å²) in [6.07, 6.45) is 3.41. The third-order valence-corrected chi connectivity index (χ3v) is 6.52. The van der Waals surface area contributed by atoms with Gasteiger partial charge in [0.1, 0.15) is 23.2 Å². The molecule has 1 saturated heterocycles. The predicted molar refractivity (Wildman–Crippen MR) is 120 cm³/mol. The van der Waals surface area contributed by atoms with Crippen LogP contribution >= 0.6 is 0 Å². The van der Waals surface area contributed by atoms with Crippen molar-refractivity contribution in [3.05, 3.63) is 59.2 Å². The number of aromatic nitrogens is 5. The molecule has 33 heavy (non-hydrogen) atoms. The fraction of sp³-hybridized carbons (Fsp3) is 0.478. The number of carbonyl (C=O) groups excluding carboxylic acids is 1. The van der Waals surface area contributed by atoms with Crippen molar-refractivity contribution < 1.29 is 14.3 Å². The summed E-state index contributed by atoms with van der Waals surface area (Å²) in [4.78, 5) is 14.8. The average molecular weight is 452 g/mol. The van der Waals surface area contributed by atoms with E-state index in [4.69, 9.17) is 9.47 Å². The second-order valence-corrected chi connectivity index (χ2v) is 8.60. The molecule has 10 heteroatoms. The maximum atomic E-state index is 12.4. The number of methoxy groups -OCH3 is 1. The van der Waals surface area contributed by atoms with Crippen molar-refractivity contribution in [2.45, 2.75) is 44.7 Å². The number of amides is 1. The van der Waals surface area contributed by atoms with Crippen molar-refractivity contribution in [2.24, 2.45) is 7.05 Å². The molecule has 0 radical (unpaired) electrons. The second-order valence-electron chi connectivity index (χ2n) is 8.60. The quantitative estimate of drug-likeness (QED) is 0.609. The summed E-state index contributed by atoms with van der Waals surface area (Å²) in [5.41, 5.74) is 3.71. The number of piperidine rings is 1. The number of rotatable bonds is 6. The van der Waals surface area contributed by atoms with Gasteiger partial charge in [-0.3, -0.25) is 14.4 Å². The van der Waals surface area contributed by atoms with E-state index in [2.05, 4.69) is 25.6 Å². The molecule has 4 heterocycles. The van der Waals surface area contributed by atoms with Gasteiger partial charge in [0, 0.05) is 38.9 Å². The Morgan fingerprint density at radius 1 is 1.21 bits per heavy atom. The lowest BCUT2D eigenvalue weighted by molar-refractivity contribution is -0.00218. The highest BCUT2D eigenvalue weighted by molar-refractivity contribution is 5.92. The van der Waals surface area contributed by atoms with E-state index in [0.29, 0.717) is 18.8 Å². The Hall–Kier alpha value is -3.24. The van der Waals surface area contributed by atoms with Crippen molar-refractivity contribution in [3.63, 3.8) is 0 Å². The van der Waals surface area contributed by atoms with Gasteiger partial charge in [0.05, 0.1) is 26.0 Å². The smallest absolute Gasteiger partial charge is 0.269 e. The normalized spacial score (nSPS) is 19.3. The Labute approximate surface area is 192 Å². The van der Waals surface area contributed by atoms with Gasteiger partial charge in [-0.05, 0) is 36.6 Å². The van der Waals surface area contributed by atoms with Gasteiger partial charge >= 0.3 is 0 Å². The van der Waals surface area contributed by atoms with E-state index >= 15 is 0 Å². The highest BCUT2D eigenvalue weighted by Crippen LogP contribution is 2.28. The van der Waals surface area contributed by atoms with E-state index in [1.807, 2.05) is 28.9 Å². The topological polar surface area (TPSA) is 99.3 Å². The Morgan fingerprint density at radius 2 is 2.00 bits per heavy atom. The van der Waals surface area contributed by atoms with Crippen LogP contribution < -0.4 is 10.1 Å². The lowest BCUT2D eigenvalue weighted by atomic mass is 10.0. The largest absolute Gasteiger partial charge is 0.497 e. The highest BCUT2D eigenvalue weighted by atomic mass is 16.5. The summed E-state index contributed by atoms with van der Waals surface area (Å²) in [5.74, 6) is 0.767. The van der Waals surface area contributed by atoms with Crippen LogP contribution in [0.15, 0.2) is 36.5 Å². The molecule has 2 aliphatic heterocycles. The molecule has 2 aromatic heterocycles. The van der Waals surface area contributed by atoms with Crippen LogP contribution in [0.25, 0.3) is 0 Å². The van der Waals surface area contributed by atoms with Crippen molar-refractivity contribution in [2.75, 3.05) is 20.2 Å². The first-order chi connectivity index (χ1) is 16.1. The molecule has 0 bridgehead atoms. The van der Waals surface area contributed by atoms with Gasteiger partial charge in [-0.1, -0.05) is 17.3 Å². The molecule has 0 aliphatic carbocycles. The van der Waals surface area contributed by atoms with Gasteiger partial charge < -0.3 is 14.8 Å². The van der Waals surface area contributed by atoms with Crippen LogP contribution in [0, 0.1) is 0 Å². The first-order valence-electron chi connectivity index (χ1n) is 11.3. The molecule has 1 N–H and O–H groups in total. The molecular weight excluding hydrogens is 422 g/mol. The number of carbonyl (C=O) groups is 1. The number of benzene rings is 1. The Morgan fingerprint density at radius 3 is 2.70 bits per heavy atom. The van der Waals surface area contributed by atoms with Crippen molar-refractivity contribution in [3.8, 4) is 5.75 Å². The van der Waals surface area contributed by atoms with Crippen molar-refractivity contribution in [1.82, 2.24) is 35.0 Å². The third kappa shape index (κ3) is 4.62. The van der Waals surface area contributed by atoms with Gasteiger partial charge in [0.2, 0.25) is 0 Å². The molecule has 0 saturated carbocycles. The zero-order valence-electron chi connectivity index (χ0n) is 19.0. The molecule has 1 atom stereocenters. The summed E-state index contributed by atoms with van der Waals surface area (Å²) in [6.45, 7) is 3.69.